The fourth-order valence-electron chi connectivity index (χ4n) is 8.20. The summed E-state index contributed by atoms with van der Waals surface area (Å²) in [4.78, 5) is 0. The predicted molar refractivity (Wildman–Crippen MR) is 122 cm³/mol. The third-order valence-electron chi connectivity index (χ3n) is 10.1. The summed E-state index contributed by atoms with van der Waals surface area (Å²) in [5.41, 5.74) is 1.15. The number of fused-ring (bicyclic) bond motifs is 5. The normalized spacial score (nSPS) is 46.0. The van der Waals surface area contributed by atoms with Crippen molar-refractivity contribution in [1.29, 1.82) is 0 Å². The minimum absolute atomic E-state index is 0.127. The van der Waals surface area contributed by atoms with E-state index in [1.165, 1.54) is 32.1 Å². The molecule has 0 bridgehead atoms. The molecule has 170 valence electrons. The lowest BCUT2D eigenvalue weighted by Gasteiger charge is -2.58. The number of allylic oxidation sites excluding steroid dienone is 2. The van der Waals surface area contributed by atoms with E-state index in [0.717, 1.165) is 37.0 Å². The number of hydrogen-bond acceptors (Lipinski definition) is 3. The molecule has 0 heterocycles. The molecule has 30 heavy (non-hydrogen) atoms. The van der Waals surface area contributed by atoms with Gasteiger partial charge < -0.3 is 15.3 Å². The van der Waals surface area contributed by atoms with Crippen molar-refractivity contribution < 1.29 is 15.3 Å². The fraction of sp³-hybridized carbons (Fsp3) is 0.852. The van der Waals surface area contributed by atoms with Gasteiger partial charge >= 0.3 is 0 Å². The van der Waals surface area contributed by atoms with Gasteiger partial charge in [0, 0.05) is 0 Å². The Kier molecular flexibility index (Phi) is 5.82. The zero-order chi connectivity index (χ0) is 21.9. The van der Waals surface area contributed by atoms with Gasteiger partial charge in [-0.2, -0.15) is 0 Å². The molecule has 0 aliphatic heterocycles. The van der Waals surface area contributed by atoms with Crippen molar-refractivity contribution in [3.63, 3.8) is 0 Å². The number of rotatable bonds is 4. The Labute approximate surface area is 183 Å². The Balaban J connectivity index is 1.52. The van der Waals surface area contributed by atoms with Crippen LogP contribution in [0.2, 0.25) is 0 Å². The van der Waals surface area contributed by atoms with E-state index in [4.69, 9.17) is 0 Å². The highest BCUT2D eigenvalue weighted by atomic mass is 16.3. The third-order valence-corrected chi connectivity index (χ3v) is 10.1. The zero-order valence-corrected chi connectivity index (χ0v) is 19.8. The number of aliphatic hydroxyl groups is 3. The first kappa shape index (κ1) is 22.6. The van der Waals surface area contributed by atoms with Crippen LogP contribution in [0.4, 0.5) is 0 Å². The van der Waals surface area contributed by atoms with E-state index in [1.54, 1.807) is 19.4 Å². The molecule has 0 radical (unpaired) electrons. The lowest BCUT2D eigenvalue weighted by atomic mass is 9.47. The highest BCUT2D eigenvalue weighted by Gasteiger charge is 2.58. The molecule has 9 unspecified atom stereocenters. The van der Waals surface area contributed by atoms with Crippen molar-refractivity contribution in [3.05, 3.63) is 23.8 Å². The van der Waals surface area contributed by atoms with Crippen molar-refractivity contribution in [2.45, 2.75) is 104 Å². The molecule has 4 rings (SSSR count). The molecule has 3 heteroatoms. The van der Waals surface area contributed by atoms with Gasteiger partial charge in [0.2, 0.25) is 0 Å². The Morgan fingerprint density at radius 3 is 2.50 bits per heavy atom. The maximum atomic E-state index is 10.2. The summed E-state index contributed by atoms with van der Waals surface area (Å²) in [6.45, 7) is 10.7. The van der Waals surface area contributed by atoms with Gasteiger partial charge in [0.25, 0.3) is 0 Å². The van der Waals surface area contributed by atoms with Gasteiger partial charge in [-0.1, -0.05) is 44.6 Å². The van der Waals surface area contributed by atoms with E-state index in [1.807, 2.05) is 6.08 Å². The van der Waals surface area contributed by atoms with Gasteiger partial charge in [0.05, 0.1) is 11.7 Å². The summed E-state index contributed by atoms with van der Waals surface area (Å²) in [7, 11) is 0. The maximum absolute atomic E-state index is 10.2. The summed E-state index contributed by atoms with van der Waals surface area (Å²) < 4.78 is 0. The molecular weight excluding hydrogens is 372 g/mol. The molecule has 3 N–H and O–H groups in total. The molecule has 4 aliphatic carbocycles. The van der Waals surface area contributed by atoms with Crippen LogP contribution in [-0.4, -0.2) is 33.1 Å². The second kappa shape index (κ2) is 7.74. The quantitative estimate of drug-likeness (QED) is 0.549. The van der Waals surface area contributed by atoms with Crippen LogP contribution in [0.5, 0.6) is 0 Å². The molecule has 3 fully saturated rings. The van der Waals surface area contributed by atoms with E-state index in [0.29, 0.717) is 22.7 Å². The molecule has 0 saturated heterocycles. The lowest BCUT2D eigenvalue weighted by Crippen LogP contribution is -2.50. The minimum atomic E-state index is -1.09. The molecular formula is C27H44O3. The van der Waals surface area contributed by atoms with Crippen molar-refractivity contribution in [2.24, 2.45) is 40.4 Å². The van der Waals surface area contributed by atoms with E-state index < -0.39 is 11.7 Å². The van der Waals surface area contributed by atoms with Gasteiger partial charge in [-0.3, -0.25) is 0 Å². The summed E-state index contributed by atoms with van der Waals surface area (Å²) in [5, 5.41) is 30.5. The van der Waals surface area contributed by atoms with Crippen LogP contribution in [0, 0.1) is 40.4 Å². The van der Waals surface area contributed by atoms with Crippen LogP contribution in [0.3, 0.4) is 0 Å². The smallest absolute Gasteiger partial charge is 0.100 e. The van der Waals surface area contributed by atoms with Gasteiger partial charge in [-0.15, -0.1) is 0 Å². The van der Waals surface area contributed by atoms with Crippen molar-refractivity contribution in [1.82, 2.24) is 0 Å². The second-order valence-electron chi connectivity index (χ2n) is 12.2. The Morgan fingerprint density at radius 1 is 1.07 bits per heavy atom. The average molecular weight is 417 g/mol. The summed E-state index contributed by atoms with van der Waals surface area (Å²) >= 11 is 0. The Hall–Kier alpha value is -0.640. The van der Waals surface area contributed by atoms with Crippen molar-refractivity contribution in [2.75, 3.05) is 0 Å². The zero-order valence-electron chi connectivity index (χ0n) is 19.8. The van der Waals surface area contributed by atoms with Crippen LogP contribution in [0.15, 0.2) is 23.8 Å². The molecule has 3 saturated carbocycles. The summed E-state index contributed by atoms with van der Waals surface area (Å²) in [6, 6.07) is 0. The fourth-order valence-corrected chi connectivity index (χ4v) is 8.20. The Bertz CT molecular complexity index is 703. The first-order valence-corrected chi connectivity index (χ1v) is 12.4. The van der Waals surface area contributed by atoms with Crippen LogP contribution in [0.1, 0.15) is 86.0 Å². The van der Waals surface area contributed by atoms with Crippen LogP contribution >= 0.6 is 0 Å². The second-order valence-corrected chi connectivity index (χ2v) is 12.2. The van der Waals surface area contributed by atoms with Crippen molar-refractivity contribution >= 4 is 0 Å². The van der Waals surface area contributed by atoms with Crippen molar-refractivity contribution in [3.8, 4) is 0 Å². The van der Waals surface area contributed by atoms with Gasteiger partial charge in [0.1, 0.15) is 6.10 Å². The first-order valence-electron chi connectivity index (χ1n) is 12.4. The molecule has 0 aromatic rings. The summed E-state index contributed by atoms with van der Waals surface area (Å²) in [5.74, 6) is 3.43. The number of aliphatic hydroxyl groups excluding tert-OH is 2. The Morgan fingerprint density at radius 2 is 1.80 bits per heavy atom. The van der Waals surface area contributed by atoms with Gasteiger partial charge in [0.15, 0.2) is 0 Å². The van der Waals surface area contributed by atoms with Crippen LogP contribution in [0.25, 0.3) is 0 Å². The highest BCUT2D eigenvalue weighted by molar-refractivity contribution is 5.25. The van der Waals surface area contributed by atoms with Gasteiger partial charge in [-0.25, -0.2) is 0 Å². The maximum Gasteiger partial charge on any atom is 0.100 e. The third kappa shape index (κ3) is 3.63. The monoisotopic (exact) mass is 416 g/mol. The highest BCUT2D eigenvalue weighted by Crippen LogP contribution is 2.67. The molecule has 0 amide bonds. The largest absolute Gasteiger partial charge is 0.393 e. The standard InChI is InChI=1S/C27H44O3/c1-17(6-11-24(29)25(2,3)30)21-9-10-22-20-8-7-18-16-19(28)12-14-26(18,4)23(20)13-15-27(21,22)5/h6-7,11,17,19-24,28-30H,8-10,12-16H2,1-5H3. The molecule has 0 aromatic carbocycles. The molecule has 9 atom stereocenters. The van der Waals surface area contributed by atoms with E-state index in [-0.39, 0.29) is 6.10 Å². The molecule has 4 aliphatic rings. The van der Waals surface area contributed by atoms with Crippen LogP contribution < -0.4 is 0 Å². The van der Waals surface area contributed by atoms with Gasteiger partial charge in [-0.05, 0) is 106 Å². The lowest BCUT2D eigenvalue weighted by molar-refractivity contribution is -0.0542. The molecule has 0 aromatic heterocycles. The molecule has 0 spiro atoms. The number of hydrogen-bond donors (Lipinski definition) is 3. The summed E-state index contributed by atoms with van der Waals surface area (Å²) in [6.07, 6.45) is 15.0. The topological polar surface area (TPSA) is 60.7 Å². The minimum Gasteiger partial charge on any atom is -0.393 e. The average Bonchev–Trinajstić information content (AvgIpc) is 3.03. The first-order chi connectivity index (χ1) is 14.0. The van der Waals surface area contributed by atoms with E-state index >= 15 is 0 Å². The van der Waals surface area contributed by atoms with E-state index in [2.05, 4.69) is 32.9 Å². The van der Waals surface area contributed by atoms with E-state index in [9.17, 15) is 15.3 Å². The SMILES string of the molecule is CC(C=CC(O)C(C)(C)O)C1CCC2C3CC=C4CC(O)CCC4(C)C3CCC12C. The van der Waals surface area contributed by atoms with Crippen LogP contribution in [-0.2, 0) is 0 Å². The molecule has 3 nitrogen and oxygen atoms in total. The predicted octanol–water partition coefficient (Wildman–Crippen LogP) is 5.25.